The molecule has 7 nitrogen and oxygen atoms in total. The van der Waals surface area contributed by atoms with Gasteiger partial charge in [0.2, 0.25) is 0 Å². The maximum absolute atomic E-state index is 12.8. The molecule has 1 heterocycles. The molecule has 0 radical (unpaired) electrons. The lowest BCUT2D eigenvalue weighted by atomic mass is 9.80. The molecule has 0 amide bonds. The Morgan fingerprint density at radius 1 is 0.553 bits per heavy atom. The van der Waals surface area contributed by atoms with E-state index in [1.54, 1.807) is 72.8 Å². The topological polar surface area (TPSA) is 96.7 Å². The Balaban J connectivity index is 1.68. The second-order valence-electron chi connectivity index (χ2n) is 13.1. The van der Waals surface area contributed by atoms with E-state index in [4.69, 9.17) is 27.6 Å². The fraction of sp³-hybridized carbons (Fsp3) is 0.211. The summed E-state index contributed by atoms with van der Waals surface area (Å²) < 4.78 is 6.46. The van der Waals surface area contributed by atoms with Gasteiger partial charge in [0.1, 0.15) is 11.4 Å². The fourth-order valence-electron chi connectivity index (χ4n) is 4.85. The van der Waals surface area contributed by atoms with Crippen LogP contribution in [0.3, 0.4) is 0 Å². The molecule has 0 aliphatic heterocycles. The number of benzene rings is 2. The van der Waals surface area contributed by atoms with Crippen molar-refractivity contribution in [3.63, 3.8) is 0 Å². The molecule has 3 aromatic rings. The van der Waals surface area contributed by atoms with Gasteiger partial charge in [0, 0.05) is 32.3 Å². The normalized spacial score (nSPS) is 17.9. The van der Waals surface area contributed by atoms with Crippen molar-refractivity contribution in [2.45, 2.75) is 41.5 Å². The van der Waals surface area contributed by atoms with Crippen molar-refractivity contribution in [3.8, 4) is 0 Å². The Morgan fingerprint density at radius 3 is 1.26 bits per heavy atom. The molecule has 0 unspecified atom stereocenters. The number of halogens is 2. The van der Waals surface area contributed by atoms with Gasteiger partial charge >= 0.3 is 0 Å². The van der Waals surface area contributed by atoms with Gasteiger partial charge in [0.25, 0.3) is 0 Å². The van der Waals surface area contributed by atoms with Gasteiger partial charge in [0.05, 0.1) is 11.4 Å². The third-order valence-corrected chi connectivity index (χ3v) is 7.88. The molecule has 2 aliphatic rings. The summed E-state index contributed by atoms with van der Waals surface area (Å²) in [5.41, 5.74) is 3.79. The quantitative estimate of drug-likeness (QED) is 0.245. The van der Waals surface area contributed by atoms with Gasteiger partial charge in [-0.15, -0.1) is 10.2 Å². The van der Waals surface area contributed by atoms with Gasteiger partial charge in [-0.3, -0.25) is 9.59 Å². The standard InChI is InChI=1S/C38H34Cl2N4O3/c1-37(2,3)29-21-23(7-17-31(29)45)35(43-41-27-13-9-25(39)10-14-27)33-19-20-34(47-33)36(44-42-28-15-11-26(40)12-16-28)24-8-18-32(46)30(22-24)38(4,5)6/h7-22H,1-6H3/b35-23+,36-24+,43-41+,44-42+. The number of allylic oxidation sites excluding steroid dienone is 10. The van der Waals surface area contributed by atoms with Crippen molar-refractivity contribution < 1.29 is 14.0 Å². The molecule has 0 fully saturated rings. The van der Waals surface area contributed by atoms with E-state index in [-0.39, 0.29) is 11.6 Å². The molecule has 47 heavy (non-hydrogen) atoms. The van der Waals surface area contributed by atoms with E-state index in [0.29, 0.717) is 66.6 Å². The Hall–Kier alpha value is -4.72. The summed E-state index contributed by atoms with van der Waals surface area (Å²) in [5.74, 6) is 0.661. The molecule has 0 spiro atoms. The summed E-state index contributed by atoms with van der Waals surface area (Å²) in [6.07, 6.45) is 10.1. The van der Waals surface area contributed by atoms with E-state index in [1.807, 2.05) is 53.7 Å². The van der Waals surface area contributed by atoms with Gasteiger partial charge in [-0.1, -0.05) is 64.7 Å². The van der Waals surface area contributed by atoms with Gasteiger partial charge in [-0.25, -0.2) is 0 Å². The first-order valence-electron chi connectivity index (χ1n) is 15.0. The van der Waals surface area contributed by atoms with Crippen LogP contribution in [0, 0.1) is 10.8 Å². The van der Waals surface area contributed by atoms with Crippen LogP contribution in [-0.4, -0.2) is 11.6 Å². The number of ketones is 2. The van der Waals surface area contributed by atoms with Crippen LogP contribution in [-0.2, 0) is 9.59 Å². The smallest absolute Gasteiger partial charge is 0.182 e. The SMILES string of the molecule is CC(C)(C)C1=C/C(=C(/N=N/c2ccc(Cl)cc2)c2ccc(C(/N=N/c3ccc(Cl)cc3)=C3/C=CC(=O)C(C(C)(C)C)=C3)o2)C=CC1=O. The number of nitrogens with zero attached hydrogens (tertiary/aromatic N) is 4. The fourth-order valence-corrected chi connectivity index (χ4v) is 5.10. The second kappa shape index (κ2) is 13.6. The summed E-state index contributed by atoms with van der Waals surface area (Å²) >= 11 is 12.1. The summed E-state index contributed by atoms with van der Waals surface area (Å²) in [6.45, 7) is 11.9. The van der Waals surface area contributed by atoms with Crippen LogP contribution in [0.25, 0.3) is 11.4 Å². The van der Waals surface area contributed by atoms with Crippen LogP contribution in [0.5, 0.6) is 0 Å². The highest BCUT2D eigenvalue weighted by atomic mass is 35.5. The summed E-state index contributed by atoms with van der Waals surface area (Å²) in [7, 11) is 0. The van der Waals surface area contributed by atoms with Gasteiger partial charge < -0.3 is 4.42 Å². The highest BCUT2D eigenvalue weighted by Crippen LogP contribution is 2.38. The Morgan fingerprint density at radius 2 is 0.915 bits per heavy atom. The summed E-state index contributed by atoms with van der Waals surface area (Å²) in [6, 6.07) is 17.5. The molecule has 2 aliphatic carbocycles. The van der Waals surface area contributed by atoms with E-state index in [0.717, 1.165) is 0 Å². The zero-order valence-corrected chi connectivity index (χ0v) is 28.5. The number of azo groups is 2. The number of rotatable bonds is 6. The van der Waals surface area contributed by atoms with Crippen LogP contribution < -0.4 is 0 Å². The van der Waals surface area contributed by atoms with Gasteiger partial charge in [-0.2, -0.15) is 10.2 Å². The first-order valence-corrected chi connectivity index (χ1v) is 15.8. The van der Waals surface area contributed by atoms with Crippen molar-refractivity contribution in [3.05, 3.63) is 141 Å². The van der Waals surface area contributed by atoms with Crippen LogP contribution in [0.15, 0.2) is 144 Å². The molecule has 0 atom stereocenters. The van der Waals surface area contributed by atoms with Crippen LogP contribution in [0.1, 0.15) is 53.1 Å². The molecule has 0 saturated heterocycles. The molecule has 1 aromatic heterocycles. The van der Waals surface area contributed by atoms with Gasteiger partial charge in [0.15, 0.2) is 23.1 Å². The zero-order valence-electron chi connectivity index (χ0n) is 27.0. The number of carbonyl (C=O) groups excluding carboxylic acids is 2. The first-order chi connectivity index (χ1) is 22.2. The molecular weight excluding hydrogens is 631 g/mol. The molecular formula is C38H34Cl2N4O3. The molecule has 238 valence electrons. The summed E-state index contributed by atoms with van der Waals surface area (Å²) in [5, 5.41) is 19.3. The molecule has 0 bridgehead atoms. The average Bonchev–Trinajstić information content (AvgIpc) is 3.49. The van der Waals surface area contributed by atoms with Crippen molar-refractivity contribution in [1.29, 1.82) is 0 Å². The van der Waals surface area contributed by atoms with Crippen LogP contribution in [0.2, 0.25) is 10.0 Å². The van der Waals surface area contributed by atoms with Crippen molar-refractivity contribution in [1.82, 2.24) is 0 Å². The van der Waals surface area contributed by atoms with Crippen molar-refractivity contribution in [2.24, 2.45) is 31.3 Å². The number of hydrogen-bond donors (Lipinski definition) is 0. The lowest BCUT2D eigenvalue weighted by Crippen LogP contribution is -2.18. The minimum absolute atomic E-state index is 0.0647. The Labute approximate surface area is 284 Å². The van der Waals surface area contributed by atoms with Crippen LogP contribution >= 0.6 is 23.2 Å². The predicted octanol–water partition coefficient (Wildman–Crippen LogP) is 11.8. The molecule has 9 heteroatoms. The second-order valence-corrected chi connectivity index (χ2v) is 14.0. The molecule has 0 saturated carbocycles. The third-order valence-electron chi connectivity index (χ3n) is 7.38. The Bertz CT molecular complexity index is 1830. The third kappa shape index (κ3) is 8.17. The van der Waals surface area contributed by atoms with E-state index < -0.39 is 10.8 Å². The van der Waals surface area contributed by atoms with E-state index in [2.05, 4.69) is 20.5 Å². The first kappa shape index (κ1) is 33.6. The zero-order chi connectivity index (χ0) is 33.9. The van der Waals surface area contributed by atoms with E-state index >= 15 is 0 Å². The minimum Gasteiger partial charge on any atom is -0.453 e. The monoisotopic (exact) mass is 664 g/mol. The van der Waals surface area contributed by atoms with Crippen molar-refractivity contribution >= 4 is 57.5 Å². The average molecular weight is 666 g/mol. The highest BCUT2D eigenvalue weighted by molar-refractivity contribution is 6.30. The molecule has 2 aromatic carbocycles. The van der Waals surface area contributed by atoms with E-state index in [1.165, 1.54) is 12.2 Å². The minimum atomic E-state index is -0.401. The van der Waals surface area contributed by atoms with Crippen LogP contribution in [0.4, 0.5) is 11.4 Å². The molecule has 0 N–H and O–H groups in total. The number of carbonyl (C=O) groups is 2. The van der Waals surface area contributed by atoms with Crippen molar-refractivity contribution in [2.75, 3.05) is 0 Å². The largest absolute Gasteiger partial charge is 0.453 e. The molecule has 5 rings (SSSR count). The lowest BCUT2D eigenvalue weighted by molar-refractivity contribution is -0.113. The maximum atomic E-state index is 12.8. The van der Waals surface area contributed by atoms with Gasteiger partial charge in [-0.05, 0) is 108 Å². The number of hydrogen-bond acceptors (Lipinski definition) is 7. The number of furan rings is 1. The maximum Gasteiger partial charge on any atom is 0.182 e. The predicted molar refractivity (Wildman–Crippen MR) is 188 cm³/mol. The highest BCUT2D eigenvalue weighted by Gasteiger charge is 2.28. The lowest BCUT2D eigenvalue weighted by Gasteiger charge is -2.23. The Kier molecular flexibility index (Phi) is 9.70. The van der Waals surface area contributed by atoms with E-state index in [9.17, 15) is 9.59 Å². The summed E-state index contributed by atoms with van der Waals surface area (Å²) in [4.78, 5) is 25.6.